The van der Waals surface area contributed by atoms with Crippen molar-refractivity contribution in [2.24, 2.45) is 11.8 Å². The van der Waals surface area contributed by atoms with Crippen LogP contribution in [-0.4, -0.2) is 25.5 Å². The van der Waals surface area contributed by atoms with Crippen LogP contribution in [0.15, 0.2) is 24.3 Å². The SMILES string of the molecule is CC(C(=O)NCC1(c2ccc(Cl)cc2)CC1)C1CNC1. The molecule has 1 amide bonds. The molecule has 1 aromatic carbocycles. The van der Waals surface area contributed by atoms with E-state index in [1.807, 2.05) is 19.1 Å². The topological polar surface area (TPSA) is 41.1 Å². The van der Waals surface area contributed by atoms with Crippen LogP contribution >= 0.6 is 11.6 Å². The first-order valence-corrected chi connectivity index (χ1v) is 7.73. The number of hydrogen-bond acceptors (Lipinski definition) is 2. The average Bonchev–Trinajstić information content (AvgIpc) is 3.16. The van der Waals surface area contributed by atoms with Crippen molar-refractivity contribution in [3.05, 3.63) is 34.9 Å². The number of amides is 1. The molecule has 1 heterocycles. The largest absolute Gasteiger partial charge is 0.355 e. The van der Waals surface area contributed by atoms with Gasteiger partial charge in [-0.1, -0.05) is 30.7 Å². The molecule has 3 nitrogen and oxygen atoms in total. The molecule has 20 heavy (non-hydrogen) atoms. The molecule has 0 aromatic heterocycles. The Morgan fingerprint density at radius 1 is 1.40 bits per heavy atom. The molecule has 2 N–H and O–H groups in total. The molecule has 1 unspecified atom stereocenters. The van der Waals surface area contributed by atoms with Gasteiger partial charge in [0.15, 0.2) is 0 Å². The maximum atomic E-state index is 12.2. The van der Waals surface area contributed by atoms with Crippen molar-refractivity contribution in [3.63, 3.8) is 0 Å². The van der Waals surface area contributed by atoms with Gasteiger partial charge in [0.05, 0.1) is 0 Å². The Labute approximate surface area is 125 Å². The zero-order valence-electron chi connectivity index (χ0n) is 11.8. The van der Waals surface area contributed by atoms with Crippen LogP contribution in [0, 0.1) is 11.8 Å². The Kier molecular flexibility index (Phi) is 3.74. The highest BCUT2D eigenvalue weighted by molar-refractivity contribution is 6.30. The summed E-state index contributed by atoms with van der Waals surface area (Å²) >= 11 is 5.93. The summed E-state index contributed by atoms with van der Waals surface area (Å²) < 4.78 is 0. The normalized spacial score (nSPS) is 21.9. The third kappa shape index (κ3) is 2.70. The predicted molar refractivity (Wildman–Crippen MR) is 80.9 cm³/mol. The molecule has 1 aromatic rings. The summed E-state index contributed by atoms with van der Waals surface area (Å²) in [6, 6.07) is 8.03. The monoisotopic (exact) mass is 292 g/mol. The summed E-state index contributed by atoms with van der Waals surface area (Å²) in [4.78, 5) is 12.2. The first-order chi connectivity index (χ1) is 9.61. The molecule has 0 bridgehead atoms. The van der Waals surface area contributed by atoms with E-state index in [-0.39, 0.29) is 17.2 Å². The second-order valence-corrected chi connectivity index (χ2v) is 6.65. The van der Waals surface area contributed by atoms with Gasteiger partial charge in [-0.05, 0) is 49.5 Å². The van der Waals surface area contributed by atoms with E-state index in [4.69, 9.17) is 11.6 Å². The molecule has 1 saturated heterocycles. The Morgan fingerprint density at radius 2 is 2.05 bits per heavy atom. The zero-order valence-corrected chi connectivity index (χ0v) is 12.5. The average molecular weight is 293 g/mol. The van der Waals surface area contributed by atoms with Gasteiger partial charge in [0, 0.05) is 22.9 Å². The molecule has 108 valence electrons. The van der Waals surface area contributed by atoms with Crippen LogP contribution in [0.5, 0.6) is 0 Å². The van der Waals surface area contributed by atoms with Gasteiger partial charge in [-0.25, -0.2) is 0 Å². The molecular weight excluding hydrogens is 272 g/mol. The highest BCUT2D eigenvalue weighted by Gasteiger charge is 2.44. The van der Waals surface area contributed by atoms with Crippen molar-refractivity contribution < 1.29 is 4.79 Å². The van der Waals surface area contributed by atoms with E-state index in [1.54, 1.807) is 0 Å². The molecule has 0 radical (unpaired) electrons. The quantitative estimate of drug-likeness (QED) is 0.875. The number of carbonyl (C=O) groups is 1. The fourth-order valence-electron chi connectivity index (χ4n) is 2.82. The van der Waals surface area contributed by atoms with Gasteiger partial charge in [0.25, 0.3) is 0 Å². The van der Waals surface area contributed by atoms with Crippen LogP contribution in [0.1, 0.15) is 25.3 Å². The summed E-state index contributed by atoms with van der Waals surface area (Å²) in [5.74, 6) is 0.801. The second-order valence-electron chi connectivity index (χ2n) is 6.21. The molecule has 0 spiro atoms. The van der Waals surface area contributed by atoms with E-state index in [2.05, 4.69) is 22.8 Å². The Bertz CT molecular complexity index is 492. The first-order valence-electron chi connectivity index (χ1n) is 7.35. The van der Waals surface area contributed by atoms with Gasteiger partial charge in [-0.15, -0.1) is 0 Å². The predicted octanol–water partition coefficient (Wildman–Crippen LogP) is 2.34. The first kappa shape index (κ1) is 13.9. The van der Waals surface area contributed by atoms with Crippen molar-refractivity contribution in [1.29, 1.82) is 0 Å². The van der Waals surface area contributed by atoms with Crippen LogP contribution in [0.2, 0.25) is 5.02 Å². The van der Waals surface area contributed by atoms with Gasteiger partial charge in [-0.2, -0.15) is 0 Å². The number of nitrogens with one attached hydrogen (secondary N) is 2. The van der Waals surface area contributed by atoms with Crippen LogP contribution in [0.4, 0.5) is 0 Å². The summed E-state index contributed by atoms with van der Waals surface area (Å²) in [5, 5.41) is 7.13. The lowest BCUT2D eigenvalue weighted by atomic mass is 9.88. The molecule has 2 aliphatic rings. The van der Waals surface area contributed by atoms with E-state index in [9.17, 15) is 4.79 Å². The van der Waals surface area contributed by atoms with E-state index < -0.39 is 0 Å². The van der Waals surface area contributed by atoms with E-state index in [0.717, 1.165) is 37.5 Å². The van der Waals surface area contributed by atoms with Crippen LogP contribution in [-0.2, 0) is 10.2 Å². The van der Waals surface area contributed by atoms with Gasteiger partial charge < -0.3 is 10.6 Å². The smallest absolute Gasteiger partial charge is 0.223 e. The molecule has 1 saturated carbocycles. The minimum atomic E-state index is 0.109. The lowest BCUT2D eigenvalue weighted by Crippen LogP contribution is -2.50. The van der Waals surface area contributed by atoms with E-state index in [0.29, 0.717) is 5.92 Å². The number of rotatable bonds is 5. The Morgan fingerprint density at radius 3 is 2.55 bits per heavy atom. The van der Waals surface area contributed by atoms with Crippen molar-refractivity contribution in [2.45, 2.75) is 25.2 Å². The molecule has 3 rings (SSSR count). The summed E-state index contributed by atoms with van der Waals surface area (Å²) in [6.07, 6.45) is 2.29. The highest BCUT2D eigenvalue weighted by atomic mass is 35.5. The van der Waals surface area contributed by atoms with E-state index in [1.165, 1.54) is 5.56 Å². The lowest BCUT2D eigenvalue weighted by Gasteiger charge is -2.32. The van der Waals surface area contributed by atoms with Gasteiger partial charge in [0.2, 0.25) is 5.91 Å². The van der Waals surface area contributed by atoms with Crippen LogP contribution in [0.25, 0.3) is 0 Å². The van der Waals surface area contributed by atoms with E-state index >= 15 is 0 Å². The van der Waals surface area contributed by atoms with Crippen molar-refractivity contribution in [2.75, 3.05) is 19.6 Å². The zero-order chi connectivity index (χ0) is 14.2. The molecule has 1 aliphatic carbocycles. The van der Waals surface area contributed by atoms with Crippen LogP contribution < -0.4 is 10.6 Å². The lowest BCUT2D eigenvalue weighted by molar-refractivity contribution is -0.126. The van der Waals surface area contributed by atoms with Crippen molar-refractivity contribution in [1.82, 2.24) is 10.6 Å². The molecular formula is C16H21ClN2O. The summed E-state index contributed by atoms with van der Waals surface area (Å²) in [7, 11) is 0. The van der Waals surface area contributed by atoms with Gasteiger partial charge in [-0.3, -0.25) is 4.79 Å². The van der Waals surface area contributed by atoms with Crippen molar-refractivity contribution >= 4 is 17.5 Å². The third-order valence-electron chi connectivity index (χ3n) is 4.84. The van der Waals surface area contributed by atoms with Crippen molar-refractivity contribution in [3.8, 4) is 0 Å². The minimum absolute atomic E-state index is 0.109. The number of benzene rings is 1. The summed E-state index contributed by atoms with van der Waals surface area (Å²) in [5.41, 5.74) is 1.44. The maximum Gasteiger partial charge on any atom is 0.223 e. The number of carbonyl (C=O) groups excluding carboxylic acids is 1. The molecule has 4 heteroatoms. The molecule has 1 aliphatic heterocycles. The standard InChI is InChI=1S/C16H21ClN2O/c1-11(12-8-18-9-12)15(20)19-10-16(6-7-16)13-2-4-14(17)5-3-13/h2-5,11-12,18H,6-10H2,1H3,(H,19,20). The third-order valence-corrected chi connectivity index (χ3v) is 5.10. The molecule has 1 atom stereocenters. The number of hydrogen-bond donors (Lipinski definition) is 2. The Balaban J connectivity index is 1.57. The van der Waals surface area contributed by atoms with Gasteiger partial charge in [0.1, 0.15) is 0 Å². The fraction of sp³-hybridized carbons (Fsp3) is 0.562. The highest BCUT2D eigenvalue weighted by Crippen LogP contribution is 2.47. The van der Waals surface area contributed by atoms with Crippen LogP contribution in [0.3, 0.4) is 0 Å². The van der Waals surface area contributed by atoms with Gasteiger partial charge >= 0.3 is 0 Å². The Hall–Kier alpha value is -1.06. The maximum absolute atomic E-state index is 12.2. The minimum Gasteiger partial charge on any atom is -0.355 e. The summed E-state index contributed by atoms with van der Waals surface area (Å²) in [6.45, 7) is 4.72. The molecule has 2 fully saturated rings. The second kappa shape index (κ2) is 5.38. The fourth-order valence-corrected chi connectivity index (χ4v) is 2.94. The number of halogens is 1.